The molecule has 0 fully saturated rings. The van der Waals surface area contributed by atoms with Gasteiger partial charge in [-0.2, -0.15) is 0 Å². The molecule has 0 aliphatic heterocycles. The highest BCUT2D eigenvalue weighted by atomic mass is 19.1. The van der Waals surface area contributed by atoms with E-state index >= 15 is 0 Å². The Bertz CT molecular complexity index is 367. The van der Waals surface area contributed by atoms with Crippen LogP contribution >= 0.6 is 0 Å². The molecule has 0 radical (unpaired) electrons. The molecule has 0 saturated carbocycles. The van der Waals surface area contributed by atoms with E-state index in [1.807, 2.05) is 13.0 Å². The van der Waals surface area contributed by atoms with Crippen LogP contribution < -0.4 is 5.73 Å². The maximum Gasteiger partial charge on any atom is 0.333 e. The van der Waals surface area contributed by atoms with E-state index in [1.54, 1.807) is 18.2 Å². The zero-order chi connectivity index (χ0) is 11.5. The van der Waals surface area contributed by atoms with E-state index in [9.17, 15) is 9.18 Å². The topological polar surface area (TPSA) is 52.3 Å². The van der Waals surface area contributed by atoms with Gasteiger partial charge < -0.3 is 10.5 Å². The van der Waals surface area contributed by atoms with Crippen LogP contribution in [-0.2, 0) is 15.1 Å². The van der Waals surface area contributed by atoms with Crippen molar-refractivity contribution in [1.29, 1.82) is 0 Å². The number of ether oxygens (including phenoxy) is 1. The fraction of sp³-hybridized carbons (Fsp3) is 0.364. The monoisotopic (exact) mass is 211 g/mol. The molecule has 1 aromatic carbocycles. The third-order valence-corrected chi connectivity index (χ3v) is 2.29. The number of carbonyl (C=O) groups is 1. The molecule has 0 aliphatic rings. The number of esters is 1. The van der Waals surface area contributed by atoms with Crippen molar-refractivity contribution in [1.82, 2.24) is 0 Å². The molecule has 0 saturated heterocycles. The van der Waals surface area contributed by atoms with Gasteiger partial charge in [0.05, 0.1) is 7.11 Å². The number of methoxy groups -OCH3 is 1. The lowest BCUT2D eigenvalue weighted by Gasteiger charge is -2.23. The van der Waals surface area contributed by atoms with Gasteiger partial charge in [-0.1, -0.05) is 29.8 Å². The molecule has 0 bridgehead atoms. The predicted octanol–water partition coefficient (Wildman–Crippen LogP) is 1.29. The first-order valence-electron chi connectivity index (χ1n) is 4.55. The van der Waals surface area contributed by atoms with Crippen LogP contribution in [0.1, 0.15) is 11.1 Å². The van der Waals surface area contributed by atoms with Crippen molar-refractivity contribution < 1.29 is 13.9 Å². The Morgan fingerprint density at radius 3 is 2.73 bits per heavy atom. The summed E-state index contributed by atoms with van der Waals surface area (Å²) in [7, 11) is 1.19. The highest BCUT2D eigenvalue weighted by molar-refractivity contribution is 5.82. The van der Waals surface area contributed by atoms with E-state index in [1.165, 1.54) is 7.11 Å². The number of nitrogens with two attached hydrogens (primary N) is 1. The molecule has 4 heteroatoms. The number of halogens is 1. The van der Waals surface area contributed by atoms with E-state index in [0.717, 1.165) is 5.56 Å². The minimum absolute atomic E-state index is 0.428. The average molecular weight is 211 g/mol. The molecular formula is C11H14FNO2. The third-order valence-electron chi connectivity index (χ3n) is 2.29. The van der Waals surface area contributed by atoms with Gasteiger partial charge in [0, 0.05) is 0 Å². The SMILES string of the molecule is COC(=O)C(N)(CF)c1cccc(C)c1. The van der Waals surface area contributed by atoms with Crippen LogP contribution in [0.3, 0.4) is 0 Å². The van der Waals surface area contributed by atoms with Gasteiger partial charge in [0.2, 0.25) is 0 Å². The Labute approximate surface area is 88.0 Å². The average Bonchev–Trinajstić information content (AvgIpc) is 2.26. The quantitative estimate of drug-likeness (QED) is 0.766. The Morgan fingerprint density at radius 1 is 1.60 bits per heavy atom. The van der Waals surface area contributed by atoms with Crippen LogP contribution in [0.25, 0.3) is 0 Å². The van der Waals surface area contributed by atoms with E-state index in [-0.39, 0.29) is 0 Å². The normalized spacial score (nSPS) is 14.4. The van der Waals surface area contributed by atoms with Crippen LogP contribution in [0.5, 0.6) is 0 Å². The molecule has 2 N–H and O–H groups in total. The standard InChI is InChI=1S/C11H14FNO2/c1-8-4-3-5-9(6-8)11(13,7-12)10(14)15-2/h3-6H,7,13H2,1-2H3. The molecule has 15 heavy (non-hydrogen) atoms. The number of alkyl halides is 1. The summed E-state index contributed by atoms with van der Waals surface area (Å²) in [6, 6.07) is 6.87. The molecule has 1 rings (SSSR count). The van der Waals surface area contributed by atoms with Crippen LogP contribution in [-0.4, -0.2) is 19.8 Å². The highest BCUT2D eigenvalue weighted by Crippen LogP contribution is 2.21. The van der Waals surface area contributed by atoms with Gasteiger partial charge in [0.1, 0.15) is 6.67 Å². The maximum absolute atomic E-state index is 12.9. The van der Waals surface area contributed by atoms with E-state index < -0.39 is 18.2 Å². The molecule has 1 unspecified atom stereocenters. The zero-order valence-electron chi connectivity index (χ0n) is 8.79. The van der Waals surface area contributed by atoms with Crippen LogP contribution in [0.2, 0.25) is 0 Å². The summed E-state index contributed by atoms with van der Waals surface area (Å²) in [4.78, 5) is 11.4. The third kappa shape index (κ3) is 2.15. The summed E-state index contributed by atoms with van der Waals surface area (Å²) in [6.07, 6.45) is 0. The summed E-state index contributed by atoms with van der Waals surface area (Å²) < 4.78 is 17.4. The summed E-state index contributed by atoms with van der Waals surface area (Å²) in [5.74, 6) is -0.768. The Morgan fingerprint density at radius 2 is 2.27 bits per heavy atom. The lowest BCUT2D eigenvalue weighted by molar-refractivity contribution is -0.148. The first-order valence-corrected chi connectivity index (χ1v) is 4.55. The highest BCUT2D eigenvalue weighted by Gasteiger charge is 2.37. The van der Waals surface area contributed by atoms with Gasteiger partial charge in [-0.05, 0) is 12.5 Å². The Hall–Kier alpha value is -1.42. The second-order valence-electron chi connectivity index (χ2n) is 3.47. The first kappa shape index (κ1) is 11.7. The molecule has 3 nitrogen and oxygen atoms in total. The Balaban J connectivity index is 3.16. The van der Waals surface area contributed by atoms with Crippen molar-refractivity contribution in [2.45, 2.75) is 12.5 Å². The summed E-state index contributed by atoms with van der Waals surface area (Å²) >= 11 is 0. The molecule has 0 heterocycles. The van der Waals surface area contributed by atoms with Gasteiger partial charge in [-0.3, -0.25) is 0 Å². The van der Waals surface area contributed by atoms with E-state index in [4.69, 9.17) is 5.73 Å². The van der Waals surface area contributed by atoms with E-state index in [2.05, 4.69) is 4.74 Å². The molecule has 1 atom stereocenters. The first-order chi connectivity index (χ1) is 7.04. The lowest BCUT2D eigenvalue weighted by atomic mass is 9.91. The second-order valence-corrected chi connectivity index (χ2v) is 3.47. The molecule has 0 spiro atoms. The maximum atomic E-state index is 12.9. The number of rotatable bonds is 3. The van der Waals surface area contributed by atoms with Crippen LogP contribution in [0.15, 0.2) is 24.3 Å². The van der Waals surface area contributed by atoms with Crippen molar-refractivity contribution in [3.8, 4) is 0 Å². The minimum atomic E-state index is -1.69. The fourth-order valence-corrected chi connectivity index (χ4v) is 1.35. The van der Waals surface area contributed by atoms with Gasteiger partial charge in [-0.25, -0.2) is 9.18 Å². The lowest BCUT2D eigenvalue weighted by Crippen LogP contribution is -2.47. The number of hydrogen-bond acceptors (Lipinski definition) is 3. The predicted molar refractivity (Wildman–Crippen MR) is 55.0 cm³/mol. The van der Waals surface area contributed by atoms with Gasteiger partial charge >= 0.3 is 5.97 Å². The van der Waals surface area contributed by atoms with Crippen molar-refractivity contribution >= 4 is 5.97 Å². The van der Waals surface area contributed by atoms with Gasteiger partial charge in [-0.15, -0.1) is 0 Å². The number of hydrogen-bond donors (Lipinski definition) is 1. The zero-order valence-corrected chi connectivity index (χ0v) is 8.79. The number of carbonyl (C=O) groups excluding carboxylic acids is 1. The summed E-state index contributed by atoms with van der Waals surface area (Å²) in [5, 5.41) is 0. The van der Waals surface area contributed by atoms with E-state index in [0.29, 0.717) is 5.56 Å². The minimum Gasteiger partial charge on any atom is -0.467 e. The smallest absolute Gasteiger partial charge is 0.333 e. The van der Waals surface area contributed by atoms with Crippen LogP contribution in [0.4, 0.5) is 4.39 Å². The number of benzene rings is 1. The van der Waals surface area contributed by atoms with Crippen LogP contribution in [0, 0.1) is 6.92 Å². The van der Waals surface area contributed by atoms with Gasteiger partial charge in [0.25, 0.3) is 0 Å². The number of aryl methyl sites for hydroxylation is 1. The van der Waals surface area contributed by atoms with Crippen molar-refractivity contribution in [2.75, 3.05) is 13.8 Å². The Kier molecular flexibility index (Phi) is 3.42. The van der Waals surface area contributed by atoms with Crippen molar-refractivity contribution in [2.24, 2.45) is 5.73 Å². The molecule has 0 aliphatic carbocycles. The van der Waals surface area contributed by atoms with Gasteiger partial charge in [0.15, 0.2) is 5.54 Å². The summed E-state index contributed by atoms with van der Waals surface area (Å²) in [6.45, 7) is 0.864. The summed E-state index contributed by atoms with van der Waals surface area (Å²) in [5.41, 5.74) is 5.34. The van der Waals surface area contributed by atoms with Crippen molar-refractivity contribution in [3.05, 3.63) is 35.4 Å². The molecule has 0 aromatic heterocycles. The molecule has 1 aromatic rings. The largest absolute Gasteiger partial charge is 0.467 e. The second kappa shape index (κ2) is 4.40. The molecular weight excluding hydrogens is 197 g/mol. The molecule has 0 amide bonds. The fourth-order valence-electron chi connectivity index (χ4n) is 1.35. The molecule has 82 valence electrons. The van der Waals surface area contributed by atoms with Crippen molar-refractivity contribution in [3.63, 3.8) is 0 Å².